The Labute approximate surface area is 127 Å². The maximum absolute atomic E-state index is 7.71. The molecular weight excluding hydrogens is 286 g/mol. The van der Waals surface area contributed by atoms with E-state index < -0.39 is 0 Å². The van der Waals surface area contributed by atoms with Gasteiger partial charge in [0.1, 0.15) is 18.0 Å². The third-order valence-electron chi connectivity index (χ3n) is 3.65. The van der Waals surface area contributed by atoms with Crippen LogP contribution in [0, 0.1) is 5.41 Å². The van der Waals surface area contributed by atoms with Gasteiger partial charge >= 0.3 is 0 Å². The molecule has 3 rings (SSSR count). The zero-order valence-electron chi connectivity index (χ0n) is 12.0. The fraction of sp³-hybridized carbons (Fsp3) is 0.462. The van der Waals surface area contributed by atoms with Crippen LogP contribution in [0.1, 0.15) is 11.3 Å². The van der Waals surface area contributed by atoms with Gasteiger partial charge in [-0.3, -0.25) is 0 Å². The Morgan fingerprint density at radius 2 is 2.14 bits per heavy atom. The maximum Gasteiger partial charge on any atom is 0.143 e. The lowest BCUT2D eigenvalue weighted by Crippen LogP contribution is -2.45. The van der Waals surface area contributed by atoms with Crippen molar-refractivity contribution in [3.63, 3.8) is 0 Å². The van der Waals surface area contributed by atoms with Crippen LogP contribution in [-0.4, -0.2) is 58.7 Å². The number of hydrogen-bond donors (Lipinski definition) is 3. The lowest BCUT2D eigenvalue weighted by Gasteiger charge is -2.34. The van der Waals surface area contributed by atoms with E-state index in [1.54, 1.807) is 17.9 Å². The average molecular weight is 305 g/mol. The van der Waals surface area contributed by atoms with E-state index in [2.05, 4.69) is 41.9 Å². The van der Waals surface area contributed by atoms with E-state index in [0.29, 0.717) is 12.4 Å². The number of aromatic nitrogens is 3. The Balaban J connectivity index is 1.79. The van der Waals surface area contributed by atoms with Crippen molar-refractivity contribution in [1.29, 1.82) is 5.41 Å². The van der Waals surface area contributed by atoms with Gasteiger partial charge < -0.3 is 24.9 Å². The van der Waals surface area contributed by atoms with Crippen LogP contribution in [0.3, 0.4) is 0 Å². The summed E-state index contributed by atoms with van der Waals surface area (Å²) in [5.41, 5.74) is 1.89. The van der Waals surface area contributed by atoms with Gasteiger partial charge in [0.05, 0.1) is 17.8 Å². The second-order valence-electron chi connectivity index (χ2n) is 5.11. The monoisotopic (exact) mass is 305 g/mol. The number of anilines is 2. The van der Waals surface area contributed by atoms with Crippen molar-refractivity contribution in [2.45, 2.75) is 6.54 Å². The van der Waals surface area contributed by atoms with Gasteiger partial charge in [-0.25, -0.2) is 9.97 Å². The van der Waals surface area contributed by atoms with Gasteiger partial charge in [-0.2, -0.15) is 0 Å². The zero-order valence-corrected chi connectivity index (χ0v) is 12.8. The van der Waals surface area contributed by atoms with Gasteiger partial charge in [0.15, 0.2) is 0 Å². The van der Waals surface area contributed by atoms with Crippen molar-refractivity contribution < 1.29 is 0 Å². The van der Waals surface area contributed by atoms with Gasteiger partial charge in [0.2, 0.25) is 0 Å². The van der Waals surface area contributed by atoms with Crippen LogP contribution in [0.15, 0.2) is 11.7 Å². The lowest BCUT2D eigenvalue weighted by atomic mass is 10.2. The molecule has 0 aliphatic carbocycles. The Morgan fingerprint density at radius 3 is 2.76 bits per heavy atom. The van der Waals surface area contributed by atoms with Gasteiger partial charge in [-0.05, 0) is 7.05 Å². The second kappa shape index (κ2) is 6.23. The molecule has 2 aromatic rings. The van der Waals surface area contributed by atoms with E-state index in [9.17, 15) is 0 Å². The van der Waals surface area contributed by atoms with Crippen LogP contribution in [0.2, 0.25) is 0 Å². The van der Waals surface area contributed by atoms with E-state index in [1.807, 2.05) is 0 Å². The number of H-pyrrole nitrogens is 1. The van der Waals surface area contributed by atoms with Crippen LogP contribution >= 0.6 is 11.5 Å². The highest BCUT2D eigenvalue weighted by molar-refractivity contribution is 7.04. The third-order valence-corrected chi connectivity index (χ3v) is 4.43. The molecule has 0 unspecified atom stereocenters. The summed E-state index contributed by atoms with van der Waals surface area (Å²) < 4.78 is 3.13. The summed E-state index contributed by atoms with van der Waals surface area (Å²) >= 11 is 1.57. The van der Waals surface area contributed by atoms with Crippen molar-refractivity contribution >= 4 is 29.4 Å². The zero-order chi connectivity index (χ0) is 14.7. The SMILES string of the molecule is CN1CCN(c2ncnc(NCc3cs[nH]3)c2C=N)CC1. The van der Waals surface area contributed by atoms with E-state index in [-0.39, 0.29) is 0 Å². The first-order valence-electron chi connectivity index (χ1n) is 6.91. The van der Waals surface area contributed by atoms with Crippen LogP contribution in [0.4, 0.5) is 11.6 Å². The van der Waals surface area contributed by atoms with Crippen molar-refractivity contribution in [3.05, 3.63) is 23.0 Å². The van der Waals surface area contributed by atoms with Gasteiger partial charge in [-0.15, -0.1) is 0 Å². The number of nitrogens with zero attached hydrogens (tertiary/aromatic N) is 4. The molecule has 112 valence electrons. The predicted molar refractivity (Wildman–Crippen MR) is 85.6 cm³/mol. The molecule has 0 saturated carbocycles. The van der Waals surface area contributed by atoms with Crippen molar-refractivity contribution in [2.75, 3.05) is 43.4 Å². The third kappa shape index (κ3) is 3.06. The highest BCUT2D eigenvalue weighted by atomic mass is 32.1. The molecule has 1 aliphatic heterocycles. The second-order valence-corrected chi connectivity index (χ2v) is 5.79. The Bertz CT molecular complexity index is 588. The number of likely N-dealkylation sites (N-methyl/N-ethyl adjacent to an activating group) is 1. The molecule has 0 radical (unpaired) electrons. The number of rotatable bonds is 5. The van der Waals surface area contributed by atoms with Gasteiger partial charge in [0.25, 0.3) is 0 Å². The molecule has 0 spiro atoms. The number of nitrogens with one attached hydrogen (secondary N) is 3. The summed E-state index contributed by atoms with van der Waals surface area (Å²) in [5, 5.41) is 13.0. The van der Waals surface area contributed by atoms with Crippen molar-refractivity contribution in [3.8, 4) is 0 Å². The highest BCUT2D eigenvalue weighted by Crippen LogP contribution is 2.23. The Kier molecular flexibility index (Phi) is 4.16. The molecule has 1 aliphatic rings. The van der Waals surface area contributed by atoms with Crippen LogP contribution in [0.5, 0.6) is 0 Å². The van der Waals surface area contributed by atoms with Crippen molar-refractivity contribution in [2.24, 2.45) is 0 Å². The molecule has 2 aromatic heterocycles. The summed E-state index contributed by atoms with van der Waals surface area (Å²) in [5.74, 6) is 1.56. The number of aromatic amines is 1. The van der Waals surface area contributed by atoms with Crippen LogP contribution in [-0.2, 0) is 6.54 Å². The summed E-state index contributed by atoms with van der Waals surface area (Å²) in [4.78, 5) is 13.2. The topological polar surface area (TPSA) is 83.9 Å². The largest absolute Gasteiger partial charge is 0.364 e. The minimum absolute atomic E-state index is 0.688. The quantitative estimate of drug-likeness (QED) is 0.724. The first kappa shape index (κ1) is 14.0. The molecule has 7 nitrogen and oxygen atoms in total. The summed E-state index contributed by atoms with van der Waals surface area (Å²) in [6.07, 6.45) is 2.91. The first-order valence-corrected chi connectivity index (χ1v) is 7.79. The number of hydrogen-bond acceptors (Lipinski definition) is 7. The molecule has 0 aromatic carbocycles. The number of piperazine rings is 1. The summed E-state index contributed by atoms with van der Waals surface area (Å²) in [6, 6.07) is 0. The lowest BCUT2D eigenvalue weighted by molar-refractivity contribution is 0.312. The molecule has 0 atom stereocenters. The fourth-order valence-electron chi connectivity index (χ4n) is 2.33. The van der Waals surface area contributed by atoms with Gasteiger partial charge in [0, 0.05) is 37.8 Å². The minimum atomic E-state index is 0.688. The molecule has 1 fully saturated rings. The Hall–Kier alpha value is -1.93. The normalized spacial score (nSPS) is 16.1. The molecule has 0 amide bonds. The molecule has 8 heteroatoms. The van der Waals surface area contributed by atoms with Crippen LogP contribution in [0.25, 0.3) is 0 Å². The average Bonchev–Trinajstić information content (AvgIpc) is 2.46. The predicted octanol–water partition coefficient (Wildman–Crippen LogP) is 1.23. The van der Waals surface area contributed by atoms with E-state index in [0.717, 1.165) is 43.3 Å². The smallest absolute Gasteiger partial charge is 0.143 e. The maximum atomic E-state index is 7.71. The summed E-state index contributed by atoms with van der Waals surface area (Å²) in [7, 11) is 2.12. The van der Waals surface area contributed by atoms with E-state index >= 15 is 0 Å². The molecule has 3 heterocycles. The Morgan fingerprint density at radius 1 is 1.38 bits per heavy atom. The molecule has 1 saturated heterocycles. The minimum Gasteiger partial charge on any atom is -0.364 e. The van der Waals surface area contributed by atoms with Gasteiger partial charge in [-0.1, -0.05) is 11.5 Å². The molecular formula is C13H19N7S. The van der Waals surface area contributed by atoms with E-state index in [4.69, 9.17) is 5.41 Å². The summed E-state index contributed by atoms with van der Waals surface area (Å²) in [6.45, 7) is 4.57. The fourth-order valence-corrected chi connectivity index (χ4v) is 2.77. The molecule has 3 N–H and O–H groups in total. The standard InChI is InChI=1S/C13H19N7S/c1-19-2-4-20(5-3-19)13-11(6-14)12(16-9-17-13)15-7-10-8-21-18-10/h6,8-9,14,18H,2-5,7H2,1H3,(H,15,16,17). The highest BCUT2D eigenvalue weighted by Gasteiger charge is 2.19. The van der Waals surface area contributed by atoms with Crippen LogP contribution < -0.4 is 10.2 Å². The first-order chi connectivity index (χ1) is 10.3. The molecule has 21 heavy (non-hydrogen) atoms. The van der Waals surface area contributed by atoms with Crippen molar-refractivity contribution in [1.82, 2.24) is 19.2 Å². The van der Waals surface area contributed by atoms with E-state index in [1.165, 1.54) is 6.21 Å². The molecule has 0 bridgehead atoms.